The Balaban J connectivity index is 1.64. The first kappa shape index (κ1) is 21.4. The molecule has 0 fully saturated rings. The normalized spacial score (nSPS) is 11.4. The molecule has 34 heavy (non-hydrogen) atoms. The molecule has 3 N–H and O–H groups in total. The smallest absolute Gasteiger partial charge is 0.261 e. The number of nitrogens with one attached hydrogen (secondary N) is 1. The molecule has 0 spiro atoms. The second-order valence-electron chi connectivity index (χ2n) is 7.44. The van der Waals surface area contributed by atoms with Crippen molar-refractivity contribution in [1.29, 1.82) is 0 Å². The van der Waals surface area contributed by atoms with E-state index in [-0.39, 0.29) is 11.4 Å². The van der Waals surface area contributed by atoms with Crippen LogP contribution in [0.3, 0.4) is 0 Å². The topological polar surface area (TPSA) is 107 Å². The number of carbonyl (C=O) groups is 1. The van der Waals surface area contributed by atoms with E-state index < -0.39 is 5.91 Å². The lowest BCUT2D eigenvalue weighted by molar-refractivity contribution is 0.102. The third-order valence-corrected chi connectivity index (χ3v) is 5.47. The van der Waals surface area contributed by atoms with Gasteiger partial charge in [0.05, 0.1) is 24.4 Å². The summed E-state index contributed by atoms with van der Waals surface area (Å²) in [6.07, 6.45) is 1.62. The van der Waals surface area contributed by atoms with Gasteiger partial charge in [0.1, 0.15) is 22.6 Å². The molecule has 9 heteroatoms. The van der Waals surface area contributed by atoms with Crippen molar-refractivity contribution in [3.05, 3.63) is 88.9 Å². The number of anilines is 2. The van der Waals surface area contributed by atoms with Gasteiger partial charge in [-0.1, -0.05) is 35.9 Å². The SMILES string of the molecule is COc1cccc(/C=N\n2c(N)c(C(=O)Nc3ccc(Cl)cc3)c3nc4ccccc4nc32)c1. The quantitative estimate of drug-likeness (QED) is 0.353. The van der Waals surface area contributed by atoms with Gasteiger partial charge in [-0.15, -0.1) is 0 Å². The van der Waals surface area contributed by atoms with Crippen molar-refractivity contribution in [1.82, 2.24) is 14.6 Å². The van der Waals surface area contributed by atoms with Crippen LogP contribution in [0.4, 0.5) is 11.5 Å². The van der Waals surface area contributed by atoms with Crippen LogP contribution in [0.1, 0.15) is 15.9 Å². The van der Waals surface area contributed by atoms with Crippen LogP contribution >= 0.6 is 11.6 Å². The minimum Gasteiger partial charge on any atom is -0.497 e. The average Bonchev–Trinajstić information content (AvgIpc) is 3.12. The summed E-state index contributed by atoms with van der Waals surface area (Å²) in [7, 11) is 1.60. The van der Waals surface area contributed by atoms with Crippen molar-refractivity contribution < 1.29 is 9.53 Å². The van der Waals surface area contributed by atoms with Crippen LogP contribution in [-0.4, -0.2) is 33.9 Å². The van der Waals surface area contributed by atoms with Crippen LogP contribution < -0.4 is 15.8 Å². The predicted octanol–water partition coefficient (Wildman–Crippen LogP) is 4.96. The number of carbonyl (C=O) groups excluding carboxylic acids is 1. The Hall–Kier alpha value is -4.43. The van der Waals surface area contributed by atoms with Crippen LogP contribution in [0.5, 0.6) is 5.75 Å². The lowest BCUT2D eigenvalue weighted by Crippen LogP contribution is -2.14. The van der Waals surface area contributed by atoms with Gasteiger partial charge in [0, 0.05) is 10.7 Å². The molecule has 0 saturated heterocycles. The number of rotatable bonds is 5. The van der Waals surface area contributed by atoms with E-state index in [2.05, 4.69) is 15.4 Å². The van der Waals surface area contributed by atoms with E-state index >= 15 is 0 Å². The maximum atomic E-state index is 13.3. The molecular weight excluding hydrogens is 452 g/mol. The number of halogens is 1. The van der Waals surface area contributed by atoms with Crippen molar-refractivity contribution in [2.45, 2.75) is 0 Å². The minimum absolute atomic E-state index is 0.121. The van der Waals surface area contributed by atoms with Crippen molar-refractivity contribution in [3.8, 4) is 5.75 Å². The number of hydrogen-bond donors (Lipinski definition) is 2. The van der Waals surface area contributed by atoms with Crippen molar-refractivity contribution in [2.24, 2.45) is 5.10 Å². The summed E-state index contributed by atoms with van der Waals surface area (Å²) >= 11 is 5.95. The summed E-state index contributed by atoms with van der Waals surface area (Å²) < 4.78 is 6.69. The van der Waals surface area contributed by atoms with E-state index in [0.29, 0.717) is 38.7 Å². The Bertz CT molecular complexity index is 1560. The van der Waals surface area contributed by atoms with Gasteiger partial charge >= 0.3 is 0 Å². The zero-order valence-electron chi connectivity index (χ0n) is 18.1. The fourth-order valence-corrected chi connectivity index (χ4v) is 3.69. The Morgan fingerprint density at radius 3 is 2.53 bits per heavy atom. The summed E-state index contributed by atoms with van der Waals surface area (Å²) in [5.41, 5.74) is 10.0. The summed E-state index contributed by atoms with van der Waals surface area (Å²) in [5, 5.41) is 7.93. The first-order valence-electron chi connectivity index (χ1n) is 10.4. The number of para-hydroxylation sites is 2. The van der Waals surface area contributed by atoms with E-state index in [1.165, 1.54) is 4.68 Å². The Labute approximate surface area is 199 Å². The molecule has 5 rings (SSSR count). The molecule has 0 unspecified atom stereocenters. The number of nitrogens with zero attached hydrogens (tertiary/aromatic N) is 4. The number of amides is 1. The zero-order valence-corrected chi connectivity index (χ0v) is 18.8. The van der Waals surface area contributed by atoms with Crippen molar-refractivity contribution in [2.75, 3.05) is 18.2 Å². The molecule has 0 saturated carbocycles. The van der Waals surface area contributed by atoms with Crippen molar-refractivity contribution in [3.63, 3.8) is 0 Å². The lowest BCUT2D eigenvalue weighted by atomic mass is 10.2. The van der Waals surface area contributed by atoms with Crippen LogP contribution in [-0.2, 0) is 0 Å². The highest BCUT2D eigenvalue weighted by Crippen LogP contribution is 2.29. The van der Waals surface area contributed by atoms with Gasteiger partial charge in [0.15, 0.2) is 5.65 Å². The van der Waals surface area contributed by atoms with Gasteiger partial charge in [-0.2, -0.15) is 9.78 Å². The number of benzene rings is 3. The molecule has 0 atom stereocenters. The number of methoxy groups -OCH3 is 1. The van der Waals surface area contributed by atoms with Gasteiger partial charge in [-0.05, 0) is 54.1 Å². The van der Waals surface area contributed by atoms with Gasteiger partial charge in [-0.25, -0.2) is 9.97 Å². The molecule has 1 amide bonds. The van der Waals surface area contributed by atoms with Crippen LogP contribution in [0, 0.1) is 0 Å². The standard InChI is InChI=1S/C25H19ClN6O2/c1-34-18-6-4-5-15(13-18)14-28-32-23(27)21(25(33)29-17-11-9-16(26)10-12-17)22-24(32)31-20-8-3-2-7-19(20)30-22/h2-14H,27H2,1H3,(H,29,33)/b28-14-. The summed E-state index contributed by atoms with van der Waals surface area (Å²) in [6.45, 7) is 0. The third-order valence-electron chi connectivity index (χ3n) is 5.22. The molecule has 3 aromatic carbocycles. The highest BCUT2D eigenvalue weighted by Gasteiger charge is 2.24. The number of fused-ring (bicyclic) bond motifs is 2. The van der Waals surface area contributed by atoms with Crippen LogP contribution in [0.15, 0.2) is 77.9 Å². The van der Waals surface area contributed by atoms with Crippen LogP contribution in [0.2, 0.25) is 5.02 Å². The first-order chi connectivity index (χ1) is 16.5. The monoisotopic (exact) mass is 470 g/mol. The van der Waals surface area contributed by atoms with E-state index in [4.69, 9.17) is 27.1 Å². The van der Waals surface area contributed by atoms with E-state index in [1.807, 2.05) is 48.5 Å². The van der Waals surface area contributed by atoms with Gasteiger partial charge in [-0.3, -0.25) is 4.79 Å². The Kier molecular flexibility index (Phi) is 5.57. The molecule has 2 heterocycles. The maximum absolute atomic E-state index is 13.3. The number of nitrogens with two attached hydrogens (primary N) is 1. The molecule has 0 radical (unpaired) electrons. The first-order valence-corrected chi connectivity index (χ1v) is 10.7. The molecule has 2 aromatic heterocycles. The highest BCUT2D eigenvalue weighted by atomic mass is 35.5. The number of nitrogen functional groups attached to an aromatic ring is 1. The number of hydrogen-bond acceptors (Lipinski definition) is 6. The fourth-order valence-electron chi connectivity index (χ4n) is 3.56. The fraction of sp³-hybridized carbons (Fsp3) is 0.0400. The molecule has 5 aromatic rings. The largest absolute Gasteiger partial charge is 0.497 e. The Morgan fingerprint density at radius 2 is 1.79 bits per heavy atom. The molecule has 8 nitrogen and oxygen atoms in total. The number of ether oxygens (including phenoxy) is 1. The number of aromatic nitrogens is 3. The van der Waals surface area contributed by atoms with E-state index in [0.717, 1.165) is 5.56 Å². The third kappa shape index (κ3) is 4.02. The highest BCUT2D eigenvalue weighted by molar-refractivity contribution is 6.30. The summed E-state index contributed by atoms with van der Waals surface area (Å²) in [6, 6.07) is 21.6. The molecule has 0 bridgehead atoms. The van der Waals surface area contributed by atoms with Gasteiger partial charge in [0.25, 0.3) is 5.91 Å². The lowest BCUT2D eigenvalue weighted by Gasteiger charge is -2.05. The van der Waals surface area contributed by atoms with Gasteiger partial charge in [0.2, 0.25) is 0 Å². The molecule has 0 aliphatic carbocycles. The van der Waals surface area contributed by atoms with Crippen LogP contribution in [0.25, 0.3) is 22.2 Å². The Morgan fingerprint density at radius 1 is 1.06 bits per heavy atom. The average molecular weight is 471 g/mol. The predicted molar refractivity (Wildman–Crippen MR) is 135 cm³/mol. The maximum Gasteiger partial charge on any atom is 0.261 e. The molecule has 0 aliphatic heterocycles. The summed E-state index contributed by atoms with van der Waals surface area (Å²) in [5.74, 6) is 0.392. The molecule has 168 valence electrons. The molecular formula is C25H19ClN6O2. The van der Waals surface area contributed by atoms with Crippen molar-refractivity contribution >= 4 is 57.4 Å². The minimum atomic E-state index is -0.426. The summed E-state index contributed by atoms with van der Waals surface area (Å²) in [4.78, 5) is 22.6. The second-order valence-corrected chi connectivity index (χ2v) is 7.88. The van der Waals surface area contributed by atoms with E-state index in [9.17, 15) is 4.79 Å². The second kappa shape index (κ2) is 8.84. The van der Waals surface area contributed by atoms with E-state index in [1.54, 1.807) is 37.6 Å². The van der Waals surface area contributed by atoms with Gasteiger partial charge < -0.3 is 15.8 Å². The molecule has 0 aliphatic rings. The zero-order chi connectivity index (χ0) is 23.7.